The molecule has 3 nitrogen and oxygen atoms in total. The van der Waals surface area contributed by atoms with Crippen LogP contribution in [-0.2, 0) is 6.42 Å². The van der Waals surface area contributed by atoms with Gasteiger partial charge in [0.15, 0.2) is 0 Å². The van der Waals surface area contributed by atoms with E-state index >= 15 is 0 Å². The van der Waals surface area contributed by atoms with Crippen molar-refractivity contribution in [2.45, 2.75) is 19.8 Å². The van der Waals surface area contributed by atoms with Gasteiger partial charge in [0.1, 0.15) is 0 Å². The summed E-state index contributed by atoms with van der Waals surface area (Å²) in [6, 6.07) is 9.67. The lowest BCUT2D eigenvalue weighted by Crippen LogP contribution is -1.96. The number of rotatable bonds is 4. The van der Waals surface area contributed by atoms with Gasteiger partial charge in [-0.25, -0.2) is 4.68 Å². The second-order valence-corrected chi connectivity index (χ2v) is 4.14. The Morgan fingerprint density at radius 3 is 2.65 bits per heavy atom. The molecule has 0 aliphatic carbocycles. The zero-order valence-corrected chi connectivity index (χ0v) is 10.3. The number of hydrogen-bond acceptors (Lipinski definition) is 2. The molecule has 0 unspecified atom stereocenters. The van der Waals surface area contributed by atoms with Gasteiger partial charge in [-0.05, 0) is 30.2 Å². The molecule has 0 aliphatic heterocycles. The van der Waals surface area contributed by atoms with E-state index in [0.29, 0.717) is 5.56 Å². The first-order valence-electron chi connectivity index (χ1n) is 5.56. The highest BCUT2D eigenvalue weighted by Crippen LogP contribution is 2.15. The van der Waals surface area contributed by atoms with Crippen molar-refractivity contribution in [3.63, 3.8) is 0 Å². The number of aryl methyl sites for hydroxylation is 1. The minimum atomic E-state index is -0.448. The van der Waals surface area contributed by atoms with E-state index in [1.165, 1.54) is 0 Å². The standard InChI is InChI=1S/C13H13ClN2O/c1-2-6-12-11(13(14)17)9-16(15-12)10-7-4-3-5-8-10/h3-5,7-9H,2,6H2,1H3. The summed E-state index contributed by atoms with van der Waals surface area (Å²) < 4.78 is 1.70. The number of aromatic nitrogens is 2. The van der Waals surface area contributed by atoms with Crippen LogP contribution >= 0.6 is 11.6 Å². The molecule has 0 bridgehead atoms. The van der Waals surface area contributed by atoms with Crippen LogP contribution in [0.3, 0.4) is 0 Å². The maximum Gasteiger partial charge on any atom is 0.255 e. The molecule has 0 atom stereocenters. The van der Waals surface area contributed by atoms with Gasteiger partial charge in [0, 0.05) is 6.20 Å². The summed E-state index contributed by atoms with van der Waals surface area (Å²) in [5, 5.41) is 3.95. The average molecular weight is 249 g/mol. The van der Waals surface area contributed by atoms with E-state index in [1.54, 1.807) is 10.9 Å². The Labute approximate surface area is 105 Å². The van der Waals surface area contributed by atoms with Crippen molar-refractivity contribution in [3.05, 3.63) is 47.8 Å². The van der Waals surface area contributed by atoms with Crippen LogP contribution in [0.4, 0.5) is 0 Å². The first-order chi connectivity index (χ1) is 8.22. The number of para-hydroxylation sites is 1. The lowest BCUT2D eigenvalue weighted by Gasteiger charge is -1.99. The van der Waals surface area contributed by atoms with Gasteiger partial charge >= 0.3 is 0 Å². The number of carbonyl (C=O) groups excluding carboxylic acids is 1. The minimum absolute atomic E-state index is 0.448. The Morgan fingerprint density at radius 2 is 2.06 bits per heavy atom. The predicted octanol–water partition coefficient (Wildman–Crippen LogP) is 3.20. The summed E-state index contributed by atoms with van der Waals surface area (Å²) in [6.07, 6.45) is 3.38. The Balaban J connectivity index is 2.44. The van der Waals surface area contributed by atoms with Gasteiger partial charge in [0.05, 0.1) is 16.9 Å². The normalized spacial score (nSPS) is 10.5. The van der Waals surface area contributed by atoms with Crippen molar-refractivity contribution in [2.24, 2.45) is 0 Å². The number of carbonyl (C=O) groups is 1. The van der Waals surface area contributed by atoms with E-state index < -0.39 is 5.24 Å². The number of nitrogens with zero attached hydrogens (tertiary/aromatic N) is 2. The molecule has 0 amide bonds. The zero-order valence-electron chi connectivity index (χ0n) is 9.56. The van der Waals surface area contributed by atoms with Crippen LogP contribution in [0, 0.1) is 0 Å². The monoisotopic (exact) mass is 248 g/mol. The lowest BCUT2D eigenvalue weighted by atomic mass is 10.2. The van der Waals surface area contributed by atoms with E-state index in [-0.39, 0.29) is 0 Å². The van der Waals surface area contributed by atoms with Gasteiger partial charge in [-0.15, -0.1) is 0 Å². The molecular weight excluding hydrogens is 236 g/mol. The SMILES string of the molecule is CCCc1nn(-c2ccccc2)cc1C(=O)Cl. The minimum Gasteiger partial charge on any atom is -0.275 e. The summed E-state index contributed by atoms with van der Waals surface area (Å²) in [7, 11) is 0. The molecule has 0 spiro atoms. The molecule has 2 rings (SSSR count). The molecule has 2 aromatic rings. The Kier molecular flexibility index (Phi) is 3.59. The molecule has 0 N–H and O–H groups in total. The second-order valence-electron chi connectivity index (χ2n) is 3.79. The lowest BCUT2D eigenvalue weighted by molar-refractivity contribution is 0.108. The van der Waals surface area contributed by atoms with Crippen molar-refractivity contribution in [2.75, 3.05) is 0 Å². The first kappa shape index (κ1) is 11.9. The number of benzene rings is 1. The summed E-state index contributed by atoms with van der Waals surface area (Å²) in [4.78, 5) is 11.3. The number of hydrogen-bond donors (Lipinski definition) is 0. The summed E-state index contributed by atoms with van der Waals surface area (Å²) >= 11 is 5.55. The molecule has 1 aromatic carbocycles. The van der Waals surface area contributed by atoms with Crippen molar-refractivity contribution in [1.29, 1.82) is 0 Å². The fourth-order valence-corrected chi connectivity index (χ4v) is 1.87. The van der Waals surface area contributed by atoms with E-state index in [9.17, 15) is 4.79 Å². The summed E-state index contributed by atoms with van der Waals surface area (Å²) in [5.74, 6) is 0. The highest BCUT2D eigenvalue weighted by atomic mass is 35.5. The topological polar surface area (TPSA) is 34.9 Å². The van der Waals surface area contributed by atoms with E-state index in [0.717, 1.165) is 24.2 Å². The van der Waals surface area contributed by atoms with E-state index in [1.807, 2.05) is 37.3 Å². The summed E-state index contributed by atoms with van der Waals surface area (Å²) in [6.45, 7) is 2.05. The van der Waals surface area contributed by atoms with E-state index in [4.69, 9.17) is 11.6 Å². The average Bonchev–Trinajstić information content (AvgIpc) is 2.75. The molecule has 17 heavy (non-hydrogen) atoms. The van der Waals surface area contributed by atoms with Gasteiger partial charge in [0.2, 0.25) is 0 Å². The highest BCUT2D eigenvalue weighted by Gasteiger charge is 2.14. The third-order valence-electron chi connectivity index (χ3n) is 2.51. The zero-order chi connectivity index (χ0) is 12.3. The molecule has 0 aliphatic rings. The fraction of sp³-hybridized carbons (Fsp3) is 0.231. The molecule has 1 aromatic heterocycles. The van der Waals surface area contributed by atoms with Crippen LogP contribution in [-0.4, -0.2) is 15.0 Å². The van der Waals surface area contributed by atoms with Crippen LogP contribution in [0.1, 0.15) is 29.4 Å². The Hall–Kier alpha value is -1.61. The van der Waals surface area contributed by atoms with Gasteiger partial charge in [-0.3, -0.25) is 4.79 Å². The Morgan fingerprint density at radius 1 is 1.35 bits per heavy atom. The van der Waals surface area contributed by atoms with Crippen molar-refractivity contribution < 1.29 is 4.79 Å². The maximum absolute atomic E-state index is 11.3. The Bertz CT molecular complexity index is 519. The first-order valence-corrected chi connectivity index (χ1v) is 5.94. The van der Waals surface area contributed by atoms with Crippen LogP contribution in [0.2, 0.25) is 0 Å². The van der Waals surface area contributed by atoms with Crippen molar-refractivity contribution in [1.82, 2.24) is 9.78 Å². The molecule has 0 saturated heterocycles. The third kappa shape index (κ3) is 2.56. The van der Waals surface area contributed by atoms with Crippen LogP contribution in [0.5, 0.6) is 0 Å². The van der Waals surface area contributed by atoms with E-state index in [2.05, 4.69) is 5.10 Å². The second kappa shape index (κ2) is 5.15. The van der Waals surface area contributed by atoms with Gasteiger partial charge in [-0.2, -0.15) is 5.10 Å². The molecular formula is C13H13ClN2O. The molecule has 0 saturated carbocycles. The largest absolute Gasteiger partial charge is 0.275 e. The fourth-order valence-electron chi connectivity index (χ4n) is 1.71. The third-order valence-corrected chi connectivity index (χ3v) is 2.71. The van der Waals surface area contributed by atoms with Gasteiger partial charge in [-0.1, -0.05) is 31.5 Å². The maximum atomic E-state index is 11.3. The van der Waals surface area contributed by atoms with Gasteiger partial charge in [0.25, 0.3) is 5.24 Å². The number of halogens is 1. The molecule has 4 heteroatoms. The van der Waals surface area contributed by atoms with Gasteiger partial charge < -0.3 is 0 Å². The molecule has 0 fully saturated rings. The smallest absolute Gasteiger partial charge is 0.255 e. The van der Waals surface area contributed by atoms with Crippen LogP contribution in [0.25, 0.3) is 5.69 Å². The quantitative estimate of drug-likeness (QED) is 0.779. The summed E-state index contributed by atoms with van der Waals surface area (Å²) in [5.41, 5.74) is 2.18. The molecule has 88 valence electrons. The van der Waals surface area contributed by atoms with Crippen LogP contribution in [0.15, 0.2) is 36.5 Å². The predicted molar refractivity (Wildman–Crippen MR) is 67.7 cm³/mol. The van der Waals surface area contributed by atoms with Crippen LogP contribution < -0.4 is 0 Å². The molecule has 1 heterocycles. The van der Waals surface area contributed by atoms with Crippen molar-refractivity contribution in [3.8, 4) is 5.69 Å². The highest BCUT2D eigenvalue weighted by molar-refractivity contribution is 6.67. The molecule has 0 radical (unpaired) electrons. The van der Waals surface area contributed by atoms with Crippen molar-refractivity contribution >= 4 is 16.8 Å².